The highest BCUT2D eigenvalue weighted by Gasteiger charge is 2.37. The van der Waals surface area contributed by atoms with Gasteiger partial charge in [0.05, 0.1) is 6.10 Å². The molecule has 1 N–H and O–H groups in total. The maximum absolute atomic E-state index is 14.2. The number of amides is 2. The molecule has 2 heterocycles. The summed E-state index contributed by atoms with van der Waals surface area (Å²) in [5.41, 5.74) is 2.61. The van der Waals surface area contributed by atoms with Gasteiger partial charge in [0, 0.05) is 81.5 Å². The van der Waals surface area contributed by atoms with E-state index in [2.05, 4.69) is 10.2 Å². The Morgan fingerprint density at radius 2 is 1.82 bits per heavy atom. The number of anilines is 1. The summed E-state index contributed by atoms with van der Waals surface area (Å²) in [6.45, 7) is 5.91. The van der Waals surface area contributed by atoms with Crippen LogP contribution in [-0.2, 0) is 27.3 Å². The van der Waals surface area contributed by atoms with Gasteiger partial charge in [0.15, 0.2) is 0 Å². The normalized spacial score (nSPS) is 17.7. The van der Waals surface area contributed by atoms with E-state index in [1.54, 1.807) is 36.3 Å². The summed E-state index contributed by atoms with van der Waals surface area (Å²) in [7, 11) is 1.67. The van der Waals surface area contributed by atoms with Gasteiger partial charge in [-0.2, -0.15) is 0 Å². The first kappa shape index (κ1) is 28.6. The Morgan fingerprint density at radius 3 is 2.47 bits per heavy atom. The lowest BCUT2D eigenvalue weighted by Gasteiger charge is -2.40. The number of piperazine rings is 1. The van der Waals surface area contributed by atoms with Crippen LogP contribution in [0.4, 0.5) is 10.1 Å². The molecule has 10 heteroatoms. The molecule has 2 aromatic rings. The van der Waals surface area contributed by atoms with Crippen LogP contribution in [0, 0.1) is 5.82 Å². The number of carbonyl (C=O) groups is 2. The monoisotopic (exact) mass is 564 g/mol. The predicted molar refractivity (Wildman–Crippen MR) is 148 cm³/mol. The quantitative estimate of drug-likeness (QED) is 0.470. The molecule has 2 unspecified atom stereocenters. The van der Waals surface area contributed by atoms with Gasteiger partial charge < -0.3 is 24.8 Å². The minimum absolute atomic E-state index is 0.00762. The average molecular weight is 566 g/mol. The summed E-state index contributed by atoms with van der Waals surface area (Å²) >= 11 is 12.5. The van der Waals surface area contributed by atoms with Crippen molar-refractivity contribution in [3.63, 3.8) is 0 Å². The van der Waals surface area contributed by atoms with E-state index >= 15 is 0 Å². The molecular formula is C28H35Cl2FN4O3. The van der Waals surface area contributed by atoms with Crippen molar-refractivity contribution in [3.05, 3.63) is 63.4 Å². The first-order valence-electron chi connectivity index (χ1n) is 13.1. The van der Waals surface area contributed by atoms with E-state index in [1.807, 2.05) is 17.9 Å². The number of hydrogen-bond acceptors (Lipinski definition) is 5. The van der Waals surface area contributed by atoms with Crippen LogP contribution in [0.2, 0.25) is 10.0 Å². The molecule has 2 aromatic carbocycles. The molecule has 2 aliphatic rings. The number of halogens is 3. The molecule has 2 fully saturated rings. The fourth-order valence-electron chi connectivity index (χ4n) is 5.08. The van der Waals surface area contributed by atoms with E-state index in [0.29, 0.717) is 68.7 Å². The van der Waals surface area contributed by atoms with Crippen molar-refractivity contribution in [3.8, 4) is 0 Å². The molecule has 0 aliphatic carbocycles. The third-order valence-corrected chi connectivity index (χ3v) is 7.92. The van der Waals surface area contributed by atoms with E-state index in [-0.39, 0.29) is 23.7 Å². The average Bonchev–Trinajstić information content (AvgIpc) is 3.34. The number of nitrogens with zero attached hydrogens (tertiary/aromatic N) is 3. The predicted octanol–water partition coefficient (Wildman–Crippen LogP) is 4.14. The van der Waals surface area contributed by atoms with E-state index in [1.165, 1.54) is 6.07 Å². The number of carbonyl (C=O) groups excluding carboxylic acids is 2. The van der Waals surface area contributed by atoms with Crippen molar-refractivity contribution < 1.29 is 18.7 Å². The number of rotatable bonds is 10. The Hall–Kier alpha value is -2.39. The van der Waals surface area contributed by atoms with Gasteiger partial charge in [0.25, 0.3) is 0 Å². The minimum Gasteiger partial charge on any atom is -0.380 e. The van der Waals surface area contributed by atoms with Crippen LogP contribution in [0.15, 0.2) is 36.4 Å². The van der Waals surface area contributed by atoms with Gasteiger partial charge in [-0.3, -0.25) is 9.59 Å². The number of hydrogen-bond donors (Lipinski definition) is 1. The van der Waals surface area contributed by atoms with Crippen molar-refractivity contribution in [2.75, 3.05) is 51.3 Å². The van der Waals surface area contributed by atoms with E-state index in [4.69, 9.17) is 27.9 Å². The lowest BCUT2D eigenvalue weighted by molar-refractivity contribution is -0.143. The van der Waals surface area contributed by atoms with Gasteiger partial charge in [-0.05, 0) is 48.7 Å². The maximum Gasteiger partial charge on any atom is 0.245 e. The number of benzene rings is 2. The van der Waals surface area contributed by atoms with Gasteiger partial charge in [-0.15, -0.1) is 0 Å². The Morgan fingerprint density at radius 1 is 1.08 bits per heavy atom. The van der Waals surface area contributed by atoms with Crippen LogP contribution in [0.1, 0.15) is 30.9 Å². The summed E-state index contributed by atoms with van der Waals surface area (Å²) in [4.78, 5) is 32.0. The Labute approximate surface area is 233 Å². The van der Waals surface area contributed by atoms with Crippen molar-refractivity contribution in [2.45, 2.75) is 44.9 Å². The van der Waals surface area contributed by atoms with Crippen LogP contribution in [-0.4, -0.2) is 80.1 Å². The minimum atomic E-state index is -0.619. The zero-order valence-corrected chi connectivity index (χ0v) is 23.4. The molecule has 38 heavy (non-hydrogen) atoms. The van der Waals surface area contributed by atoms with Gasteiger partial charge in [-0.25, -0.2) is 4.39 Å². The van der Waals surface area contributed by atoms with Gasteiger partial charge in [-0.1, -0.05) is 35.3 Å². The van der Waals surface area contributed by atoms with Crippen LogP contribution in [0.3, 0.4) is 0 Å². The second kappa shape index (κ2) is 13.1. The molecule has 0 spiro atoms. The molecule has 2 saturated heterocycles. The first-order chi connectivity index (χ1) is 18.3. The lowest BCUT2D eigenvalue weighted by Crippen LogP contribution is -2.56. The number of ether oxygens (including phenoxy) is 1. The first-order valence-corrected chi connectivity index (χ1v) is 13.8. The molecule has 0 bridgehead atoms. The van der Waals surface area contributed by atoms with Gasteiger partial charge in [0.1, 0.15) is 11.9 Å². The maximum atomic E-state index is 14.2. The van der Waals surface area contributed by atoms with Crippen LogP contribution < -0.4 is 10.2 Å². The second-order valence-corrected chi connectivity index (χ2v) is 10.8. The third kappa shape index (κ3) is 6.97. The van der Waals surface area contributed by atoms with E-state index in [9.17, 15) is 14.0 Å². The summed E-state index contributed by atoms with van der Waals surface area (Å²) < 4.78 is 19.5. The summed E-state index contributed by atoms with van der Waals surface area (Å²) in [6.07, 6.45) is 1.60. The molecule has 2 amide bonds. The number of likely N-dealkylation sites (tertiary alicyclic amines) is 1. The summed E-state index contributed by atoms with van der Waals surface area (Å²) in [5.74, 6) is -0.382. The molecule has 0 radical (unpaired) electrons. The van der Waals surface area contributed by atoms with Gasteiger partial charge in [0.2, 0.25) is 11.8 Å². The Balaban J connectivity index is 1.45. The second-order valence-electron chi connectivity index (χ2n) is 9.91. The summed E-state index contributed by atoms with van der Waals surface area (Å²) in [6, 6.07) is 9.44. The molecule has 206 valence electrons. The molecule has 7 nitrogen and oxygen atoms in total. The number of methoxy groups -OCH3 is 1. The van der Waals surface area contributed by atoms with Crippen LogP contribution in [0.5, 0.6) is 0 Å². The van der Waals surface area contributed by atoms with Crippen molar-refractivity contribution in [2.24, 2.45) is 0 Å². The van der Waals surface area contributed by atoms with E-state index in [0.717, 1.165) is 23.2 Å². The van der Waals surface area contributed by atoms with Crippen molar-refractivity contribution >= 4 is 40.7 Å². The molecule has 0 aromatic heterocycles. The van der Waals surface area contributed by atoms with Crippen molar-refractivity contribution in [1.29, 1.82) is 0 Å². The molecule has 0 saturated carbocycles. The highest BCUT2D eigenvalue weighted by atomic mass is 35.5. The van der Waals surface area contributed by atoms with Crippen molar-refractivity contribution in [1.82, 2.24) is 15.1 Å². The standard InChI is InChI=1S/C28H35Cl2FN4O3/c1-19(38-2)17-32-18-21-6-8-23(31)16-25(21)33-10-12-34(13-11-33)28(37)26(35-9-3-4-27(35)36)14-20-5-7-22(29)15-24(20)30/h5-8,15-16,19,26,32H,3-4,9-14,17-18H2,1-2H3. The highest BCUT2D eigenvalue weighted by molar-refractivity contribution is 6.35. The van der Waals surface area contributed by atoms with E-state index < -0.39 is 6.04 Å². The Kier molecular flexibility index (Phi) is 9.87. The Bertz CT molecular complexity index is 1140. The third-order valence-electron chi connectivity index (χ3n) is 7.33. The van der Waals surface area contributed by atoms with Crippen LogP contribution >= 0.6 is 23.2 Å². The highest BCUT2D eigenvalue weighted by Crippen LogP contribution is 2.27. The fraction of sp³-hybridized carbons (Fsp3) is 0.500. The number of nitrogens with one attached hydrogen (secondary N) is 1. The molecule has 2 atom stereocenters. The van der Waals surface area contributed by atoms with Gasteiger partial charge >= 0.3 is 0 Å². The van der Waals surface area contributed by atoms with Crippen LogP contribution in [0.25, 0.3) is 0 Å². The molecule has 2 aliphatic heterocycles. The zero-order chi connectivity index (χ0) is 27.2. The smallest absolute Gasteiger partial charge is 0.245 e. The SMILES string of the molecule is COC(C)CNCc1ccc(F)cc1N1CCN(C(=O)C(Cc2ccc(Cl)cc2Cl)N2CCCC2=O)CC1. The molecular weight excluding hydrogens is 530 g/mol. The summed E-state index contributed by atoms with van der Waals surface area (Å²) in [5, 5.41) is 4.37. The zero-order valence-electron chi connectivity index (χ0n) is 21.9. The topological polar surface area (TPSA) is 65.1 Å². The fourth-order valence-corrected chi connectivity index (χ4v) is 5.56. The largest absolute Gasteiger partial charge is 0.380 e. The lowest BCUT2D eigenvalue weighted by atomic mass is 10.0. The molecule has 4 rings (SSSR count).